The minimum atomic E-state index is -0.647. The van der Waals surface area contributed by atoms with E-state index in [1.165, 1.54) is 0 Å². The average molecular weight is 206 g/mol. The van der Waals surface area contributed by atoms with Gasteiger partial charge in [-0.25, -0.2) is 0 Å². The summed E-state index contributed by atoms with van der Waals surface area (Å²) in [6.45, 7) is 2.61. The van der Waals surface area contributed by atoms with E-state index in [1.54, 1.807) is 0 Å². The van der Waals surface area contributed by atoms with Crippen molar-refractivity contribution in [3.8, 4) is 5.75 Å². The summed E-state index contributed by atoms with van der Waals surface area (Å²) in [5.74, 6) is 0.837. The van der Waals surface area contributed by atoms with Gasteiger partial charge in [-0.1, -0.05) is 31.0 Å². The lowest BCUT2D eigenvalue weighted by molar-refractivity contribution is 0.0414. The molecule has 2 rings (SSSR count). The van der Waals surface area contributed by atoms with E-state index < -0.39 is 5.60 Å². The van der Waals surface area contributed by atoms with Crippen molar-refractivity contribution in [1.82, 2.24) is 0 Å². The molecule has 0 aliphatic heterocycles. The van der Waals surface area contributed by atoms with Gasteiger partial charge >= 0.3 is 0 Å². The van der Waals surface area contributed by atoms with Gasteiger partial charge in [0.1, 0.15) is 5.75 Å². The van der Waals surface area contributed by atoms with Crippen molar-refractivity contribution in [3.05, 3.63) is 29.8 Å². The first-order chi connectivity index (χ1) is 7.26. The van der Waals surface area contributed by atoms with Gasteiger partial charge in [0.15, 0.2) is 0 Å². The topological polar surface area (TPSA) is 29.5 Å². The van der Waals surface area contributed by atoms with Gasteiger partial charge in [0, 0.05) is 5.56 Å². The summed E-state index contributed by atoms with van der Waals surface area (Å²) >= 11 is 0. The zero-order valence-electron chi connectivity index (χ0n) is 9.20. The van der Waals surface area contributed by atoms with E-state index in [2.05, 4.69) is 0 Å². The van der Waals surface area contributed by atoms with E-state index in [-0.39, 0.29) is 0 Å². The molecule has 1 N–H and O–H groups in total. The highest BCUT2D eigenvalue weighted by molar-refractivity contribution is 5.38. The van der Waals surface area contributed by atoms with Crippen LogP contribution in [0.1, 0.15) is 38.2 Å². The summed E-state index contributed by atoms with van der Waals surface area (Å²) in [6, 6.07) is 7.84. The van der Waals surface area contributed by atoms with Gasteiger partial charge < -0.3 is 9.84 Å². The summed E-state index contributed by atoms with van der Waals surface area (Å²) in [6.07, 6.45) is 3.93. The van der Waals surface area contributed by atoms with E-state index >= 15 is 0 Å². The van der Waals surface area contributed by atoms with Gasteiger partial charge in [0.05, 0.1) is 12.2 Å². The van der Waals surface area contributed by atoms with Crippen LogP contribution in [-0.4, -0.2) is 11.7 Å². The molecule has 0 radical (unpaired) electrons. The van der Waals surface area contributed by atoms with Crippen LogP contribution < -0.4 is 4.74 Å². The fourth-order valence-corrected chi connectivity index (χ4v) is 2.36. The lowest BCUT2D eigenvalue weighted by Crippen LogP contribution is -2.21. The minimum Gasteiger partial charge on any atom is -0.493 e. The van der Waals surface area contributed by atoms with Crippen molar-refractivity contribution >= 4 is 0 Å². The van der Waals surface area contributed by atoms with Crippen LogP contribution >= 0.6 is 0 Å². The zero-order chi connectivity index (χ0) is 10.7. The highest BCUT2D eigenvalue weighted by Gasteiger charge is 2.35. The molecule has 1 aromatic rings. The van der Waals surface area contributed by atoms with E-state index in [9.17, 15) is 5.11 Å². The molecule has 1 fully saturated rings. The quantitative estimate of drug-likeness (QED) is 0.824. The second-order valence-electron chi connectivity index (χ2n) is 4.17. The first-order valence-electron chi connectivity index (χ1n) is 5.71. The molecule has 1 aliphatic rings. The molecule has 0 atom stereocenters. The van der Waals surface area contributed by atoms with Gasteiger partial charge in [0.25, 0.3) is 0 Å². The third kappa shape index (κ3) is 2.00. The molecule has 0 amide bonds. The minimum absolute atomic E-state index is 0.646. The standard InChI is InChI=1S/C13H18O2/c1-2-15-12-8-4-3-7-11(12)13(14)9-5-6-10-13/h3-4,7-8,14H,2,5-6,9-10H2,1H3. The van der Waals surface area contributed by atoms with Gasteiger partial charge in [-0.2, -0.15) is 0 Å². The molecule has 2 heteroatoms. The summed E-state index contributed by atoms with van der Waals surface area (Å²) in [5, 5.41) is 10.5. The summed E-state index contributed by atoms with van der Waals surface area (Å²) < 4.78 is 5.55. The second-order valence-corrected chi connectivity index (χ2v) is 4.17. The average Bonchev–Trinajstić information content (AvgIpc) is 2.68. The molecule has 1 aromatic carbocycles. The van der Waals surface area contributed by atoms with Crippen LogP contribution in [0.5, 0.6) is 5.75 Å². The fourth-order valence-electron chi connectivity index (χ4n) is 2.36. The number of hydrogen-bond acceptors (Lipinski definition) is 2. The molecule has 1 aliphatic carbocycles. The van der Waals surface area contributed by atoms with Gasteiger partial charge in [0.2, 0.25) is 0 Å². The summed E-state index contributed by atoms with van der Waals surface area (Å²) in [5.41, 5.74) is 0.315. The normalized spacial score (nSPS) is 19.1. The maximum absolute atomic E-state index is 10.5. The molecular formula is C13H18O2. The number of hydrogen-bond donors (Lipinski definition) is 1. The molecule has 0 saturated heterocycles. The zero-order valence-corrected chi connectivity index (χ0v) is 9.20. The van der Waals surface area contributed by atoms with Crippen LogP contribution in [0.2, 0.25) is 0 Å². The van der Waals surface area contributed by atoms with Crippen molar-refractivity contribution in [2.75, 3.05) is 6.61 Å². The Morgan fingerprint density at radius 2 is 1.93 bits per heavy atom. The Morgan fingerprint density at radius 1 is 1.27 bits per heavy atom. The third-order valence-electron chi connectivity index (χ3n) is 3.12. The van der Waals surface area contributed by atoms with E-state index in [4.69, 9.17) is 4.74 Å². The first kappa shape index (κ1) is 10.5. The highest BCUT2D eigenvalue weighted by Crippen LogP contribution is 2.42. The van der Waals surface area contributed by atoms with Crippen LogP contribution in [0.3, 0.4) is 0 Å². The molecular weight excluding hydrogens is 188 g/mol. The Labute approximate surface area is 90.9 Å². The predicted octanol–water partition coefficient (Wildman–Crippen LogP) is 2.85. The maximum Gasteiger partial charge on any atom is 0.125 e. The molecule has 0 spiro atoms. The molecule has 0 aromatic heterocycles. The molecule has 15 heavy (non-hydrogen) atoms. The van der Waals surface area contributed by atoms with Crippen LogP contribution in [0.4, 0.5) is 0 Å². The Kier molecular flexibility index (Phi) is 2.96. The number of aliphatic hydroxyl groups is 1. The van der Waals surface area contributed by atoms with Crippen molar-refractivity contribution in [3.63, 3.8) is 0 Å². The van der Waals surface area contributed by atoms with Gasteiger partial charge in [-0.15, -0.1) is 0 Å². The van der Waals surface area contributed by atoms with Gasteiger partial charge in [-0.3, -0.25) is 0 Å². The van der Waals surface area contributed by atoms with E-state index in [0.29, 0.717) is 6.61 Å². The Morgan fingerprint density at radius 3 is 2.60 bits per heavy atom. The molecule has 1 saturated carbocycles. The molecule has 82 valence electrons. The van der Waals surface area contributed by atoms with Crippen LogP contribution in [0, 0.1) is 0 Å². The van der Waals surface area contributed by atoms with E-state index in [0.717, 1.165) is 37.0 Å². The number of ether oxygens (including phenoxy) is 1. The molecule has 0 unspecified atom stereocenters. The smallest absolute Gasteiger partial charge is 0.125 e. The van der Waals surface area contributed by atoms with Crippen molar-refractivity contribution in [2.24, 2.45) is 0 Å². The predicted molar refractivity (Wildman–Crippen MR) is 60.0 cm³/mol. The summed E-state index contributed by atoms with van der Waals surface area (Å²) in [4.78, 5) is 0. The highest BCUT2D eigenvalue weighted by atomic mass is 16.5. The van der Waals surface area contributed by atoms with Crippen molar-refractivity contribution < 1.29 is 9.84 Å². The second kappa shape index (κ2) is 4.23. The van der Waals surface area contributed by atoms with Gasteiger partial charge in [-0.05, 0) is 25.8 Å². The Hall–Kier alpha value is -1.02. The third-order valence-corrected chi connectivity index (χ3v) is 3.12. The lowest BCUT2D eigenvalue weighted by Gasteiger charge is -2.25. The van der Waals surface area contributed by atoms with Crippen LogP contribution in [0.25, 0.3) is 0 Å². The lowest BCUT2D eigenvalue weighted by atomic mass is 9.91. The molecule has 0 heterocycles. The number of para-hydroxylation sites is 1. The van der Waals surface area contributed by atoms with Crippen LogP contribution in [0.15, 0.2) is 24.3 Å². The van der Waals surface area contributed by atoms with E-state index in [1.807, 2.05) is 31.2 Å². The maximum atomic E-state index is 10.5. The van der Waals surface area contributed by atoms with Crippen LogP contribution in [-0.2, 0) is 5.60 Å². The molecule has 0 bridgehead atoms. The first-order valence-corrected chi connectivity index (χ1v) is 5.71. The van der Waals surface area contributed by atoms with Crippen molar-refractivity contribution in [1.29, 1.82) is 0 Å². The number of rotatable bonds is 3. The fraction of sp³-hybridized carbons (Fsp3) is 0.538. The Bertz CT molecular complexity index is 327. The largest absolute Gasteiger partial charge is 0.493 e. The monoisotopic (exact) mass is 206 g/mol. The number of benzene rings is 1. The SMILES string of the molecule is CCOc1ccccc1C1(O)CCCC1. The summed E-state index contributed by atoms with van der Waals surface area (Å²) in [7, 11) is 0. The van der Waals surface area contributed by atoms with Crippen molar-refractivity contribution in [2.45, 2.75) is 38.2 Å². The Balaban J connectivity index is 2.33. The molecule has 2 nitrogen and oxygen atoms in total.